The minimum atomic E-state index is -1.21. The summed E-state index contributed by atoms with van der Waals surface area (Å²) in [7, 11) is 0. The van der Waals surface area contributed by atoms with Gasteiger partial charge in [-0.2, -0.15) is 0 Å². The molecule has 0 spiro atoms. The molecule has 1 aromatic heterocycles. The molecule has 0 saturated carbocycles. The van der Waals surface area contributed by atoms with Crippen molar-refractivity contribution < 1.29 is 23.5 Å². The summed E-state index contributed by atoms with van der Waals surface area (Å²) in [6, 6.07) is 25.7. The van der Waals surface area contributed by atoms with Crippen LogP contribution in [0.15, 0.2) is 91.0 Å². The summed E-state index contributed by atoms with van der Waals surface area (Å²) in [6.45, 7) is 7.15. The molecule has 0 unspecified atom stereocenters. The molecule has 2 atom stereocenters. The highest BCUT2D eigenvalue weighted by molar-refractivity contribution is 7.22. The number of aliphatic hydroxyl groups excluding tert-OH is 1. The smallest absolute Gasteiger partial charge is 0.254 e. The Hall–Kier alpha value is -4.44. The van der Waals surface area contributed by atoms with E-state index in [9.17, 15) is 23.5 Å². The van der Waals surface area contributed by atoms with Crippen molar-refractivity contribution >= 4 is 33.2 Å². The minimum Gasteiger partial charge on any atom is -0.390 e. The van der Waals surface area contributed by atoms with E-state index in [-0.39, 0.29) is 31.3 Å². The van der Waals surface area contributed by atoms with E-state index in [2.05, 4.69) is 18.2 Å². The summed E-state index contributed by atoms with van der Waals surface area (Å²) in [5, 5.41) is 12.5. The average Bonchev–Trinajstić information content (AvgIpc) is 3.51. The van der Waals surface area contributed by atoms with E-state index in [0.29, 0.717) is 29.8 Å². The zero-order valence-electron chi connectivity index (χ0n) is 28.2. The van der Waals surface area contributed by atoms with Crippen LogP contribution in [0.2, 0.25) is 0 Å². The fraction of sp³-hybridized carbons (Fsp3) is 0.300. The molecule has 5 aromatic rings. The number of benzene rings is 4. The normalized spacial score (nSPS) is 12.6. The summed E-state index contributed by atoms with van der Waals surface area (Å²) < 4.78 is 28.9. The number of nitrogens with two attached hydrogens (primary N) is 1. The lowest BCUT2D eigenvalue weighted by Crippen LogP contribution is -2.46. The number of aliphatic hydroxyl groups is 1. The number of rotatable bonds is 14. The first-order valence-corrected chi connectivity index (χ1v) is 17.5. The van der Waals surface area contributed by atoms with Gasteiger partial charge in [-0.05, 0) is 102 Å². The lowest BCUT2D eigenvalue weighted by molar-refractivity contribution is 0.0554. The zero-order chi connectivity index (χ0) is 35.1. The van der Waals surface area contributed by atoms with Crippen molar-refractivity contribution in [2.75, 3.05) is 19.6 Å². The summed E-state index contributed by atoms with van der Waals surface area (Å²) >= 11 is 1.69. The first-order chi connectivity index (χ1) is 23.5. The number of fused-ring (bicyclic) bond motifs is 1. The van der Waals surface area contributed by atoms with Crippen LogP contribution in [0, 0.1) is 18.6 Å². The molecule has 0 saturated heterocycles. The first kappa shape index (κ1) is 35.9. The summed E-state index contributed by atoms with van der Waals surface area (Å²) in [5.74, 6) is -1.96. The quantitative estimate of drug-likeness (QED) is 0.124. The third-order valence-electron chi connectivity index (χ3n) is 8.44. The summed E-state index contributed by atoms with van der Waals surface area (Å²) in [6.07, 6.45) is 0.431. The van der Waals surface area contributed by atoms with Gasteiger partial charge < -0.3 is 20.6 Å². The molecule has 9 heteroatoms. The Kier molecular flexibility index (Phi) is 11.9. The molecule has 1 heterocycles. The predicted octanol–water partition coefficient (Wildman–Crippen LogP) is 7.99. The molecule has 0 aliphatic rings. The van der Waals surface area contributed by atoms with E-state index < -0.39 is 23.8 Å². The Morgan fingerprint density at radius 1 is 0.796 bits per heavy atom. The second kappa shape index (κ2) is 16.3. The van der Waals surface area contributed by atoms with Crippen LogP contribution in [-0.2, 0) is 13.0 Å². The second-order valence-electron chi connectivity index (χ2n) is 12.6. The van der Waals surface area contributed by atoms with Crippen LogP contribution >= 0.6 is 11.3 Å². The lowest BCUT2D eigenvalue weighted by Gasteiger charge is -2.29. The fourth-order valence-electron chi connectivity index (χ4n) is 6.13. The highest BCUT2D eigenvalue weighted by atomic mass is 32.1. The maximum absolute atomic E-state index is 14.3. The van der Waals surface area contributed by atoms with Gasteiger partial charge in [-0.15, -0.1) is 11.3 Å². The molecule has 0 radical (unpaired) electrons. The Bertz CT molecular complexity index is 1870. The van der Waals surface area contributed by atoms with Crippen LogP contribution in [0.5, 0.6) is 0 Å². The number of halogens is 2. The average molecular weight is 684 g/mol. The zero-order valence-corrected chi connectivity index (χ0v) is 29.0. The number of carbonyl (C=O) groups is 2. The van der Waals surface area contributed by atoms with E-state index in [1.807, 2.05) is 57.2 Å². The van der Waals surface area contributed by atoms with E-state index in [4.69, 9.17) is 5.73 Å². The van der Waals surface area contributed by atoms with Gasteiger partial charge in [0.25, 0.3) is 11.8 Å². The molecular weight excluding hydrogens is 641 g/mol. The largest absolute Gasteiger partial charge is 0.390 e. The van der Waals surface area contributed by atoms with E-state index in [1.165, 1.54) is 21.7 Å². The number of carbonyl (C=O) groups excluding carboxylic acids is 2. The van der Waals surface area contributed by atoms with Crippen LogP contribution in [0.25, 0.3) is 20.5 Å². The molecule has 6 nitrogen and oxygen atoms in total. The van der Waals surface area contributed by atoms with Crippen molar-refractivity contribution in [2.24, 2.45) is 5.73 Å². The number of thiophene rings is 1. The molecule has 49 heavy (non-hydrogen) atoms. The Balaban J connectivity index is 1.45. The molecule has 0 aliphatic carbocycles. The van der Waals surface area contributed by atoms with Crippen molar-refractivity contribution in [3.63, 3.8) is 0 Å². The van der Waals surface area contributed by atoms with Gasteiger partial charge in [0.15, 0.2) is 0 Å². The molecule has 0 bridgehead atoms. The van der Waals surface area contributed by atoms with Gasteiger partial charge in [-0.1, -0.05) is 50.2 Å². The number of nitrogens with zero attached hydrogens (tertiary/aromatic N) is 2. The maximum Gasteiger partial charge on any atom is 0.254 e. The van der Waals surface area contributed by atoms with Crippen LogP contribution in [0.4, 0.5) is 8.78 Å². The highest BCUT2D eigenvalue weighted by Crippen LogP contribution is 2.34. The molecular formula is C40H43F2N3O3S. The first-order valence-electron chi connectivity index (χ1n) is 16.7. The predicted molar refractivity (Wildman–Crippen MR) is 194 cm³/mol. The van der Waals surface area contributed by atoms with Gasteiger partial charge in [0, 0.05) is 59.0 Å². The molecule has 0 fully saturated rings. The number of hydrogen-bond acceptors (Lipinski definition) is 5. The molecule has 5 rings (SSSR count). The standard InChI is InChI=1S/C40H43F2N3O3S/c1-4-13-44(14-5-2)39(47)31-15-26(3)16-32(21-31)40(48)45(25-36(46)35(43)20-28-18-33(41)23-34(42)19-28)24-27-9-8-11-29(17-27)38-22-30-10-6-7-12-37(30)49-38/h6-12,15-19,21-23,35-36,46H,4-5,13-14,20,24-25,43H2,1-3H3/t35-,36+/m0/s1. The van der Waals surface area contributed by atoms with Gasteiger partial charge >= 0.3 is 0 Å². The fourth-order valence-corrected chi connectivity index (χ4v) is 7.19. The van der Waals surface area contributed by atoms with E-state index >= 15 is 0 Å². The number of aryl methyl sites for hydroxylation is 1. The van der Waals surface area contributed by atoms with Crippen LogP contribution in [-0.4, -0.2) is 58.5 Å². The molecule has 2 amide bonds. The van der Waals surface area contributed by atoms with Crippen LogP contribution in [0.1, 0.15) is 64.1 Å². The summed E-state index contributed by atoms with van der Waals surface area (Å²) in [5.41, 5.74) is 10.0. The van der Waals surface area contributed by atoms with Crippen LogP contribution < -0.4 is 5.73 Å². The van der Waals surface area contributed by atoms with Gasteiger partial charge in [0.1, 0.15) is 11.6 Å². The van der Waals surface area contributed by atoms with Crippen molar-refractivity contribution in [2.45, 2.75) is 58.7 Å². The second-order valence-corrected chi connectivity index (χ2v) is 13.7. The van der Waals surface area contributed by atoms with Gasteiger partial charge in [0.2, 0.25) is 0 Å². The SMILES string of the molecule is CCCN(CCC)C(=O)c1cc(C)cc(C(=O)N(Cc2cccc(-c3cc4ccccc4s3)c2)C[C@@H](O)[C@@H](N)Cc2cc(F)cc(F)c2)c1. The Morgan fingerprint density at radius 2 is 1.45 bits per heavy atom. The van der Waals surface area contributed by atoms with Crippen molar-refractivity contribution in [3.05, 3.63) is 130 Å². The third-order valence-corrected chi connectivity index (χ3v) is 9.60. The Labute approximate surface area is 290 Å². The monoisotopic (exact) mass is 683 g/mol. The third kappa shape index (κ3) is 9.17. The topological polar surface area (TPSA) is 86.9 Å². The number of hydrogen-bond donors (Lipinski definition) is 2. The molecule has 256 valence electrons. The lowest BCUT2D eigenvalue weighted by atomic mass is 10.00. The molecule has 4 aromatic carbocycles. The van der Waals surface area contributed by atoms with Gasteiger partial charge in [-0.3, -0.25) is 9.59 Å². The van der Waals surface area contributed by atoms with Crippen molar-refractivity contribution in [3.8, 4) is 10.4 Å². The van der Waals surface area contributed by atoms with Crippen molar-refractivity contribution in [1.29, 1.82) is 0 Å². The number of amides is 2. The molecule has 3 N–H and O–H groups in total. The highest BCUT2D eigenvalue weighted by Gasteiger charge is 2.26. The van der Waals surface area contributed by atoms with Gasteiger partial charge in [-0.25, -0.2) is 8.78 Å². The molecule has 0 aliphatic heterocycles. The van der Waals surface area contributed by atoms with E-state index in [0.717, 1.165) is 45.9 Å². The van der Waals surface area contributed by atoms with Crippen molar-refractivity contribution in [1.82, 2.24) is 9.80 Å². The van der Waals surface area contributed by atoms with Gasteiger partial charge in [0.05, 0.1) is 6.10 Å². The van der Waals surface area contributed by atoms with Crippen LogP contribution in [0.3, 0.4) is 0 Å². The summed E-state index contributed by atoms with van der Waals surface area (Å²) in [4.78, 5) is 32.3. The maximum atomic E-state index is 14.3. The van der Waals surface area contributed by atoms with E-state index in [1.54, 1.807) is 34.4 Å². The minimum absolute atomic E-state index is 0.00703. The Morgan fingerprint density at radius 3 is 2.10 bits per heavy atom.